The molecule has 5 nitrogen and oxygen atoms in total. The number of halogens is 1. The third-order valence-corrected chi connectivity index (χ3v) is 5.00. The number of fused-ring (bicyclic) bond motifs is 1. The van der Waals surface area contributed by atoms with Crippen molar-refractivity contribution in [3.8, 4) is 10.6 Å². The number of β-amino-alcohol motifs (C(OH)–C–C–N with tert-alkyl or cyclic N) is 1. The van der Waals surface area contributed by atoms with E-state index in [9.17, 15) is 5.11 Å². The Hall–Kier alpha value is -1.76. The fourth-order valence-corrected chi connectivity index (χ4v) is 3.77. The number of anilines is 1. The van der Waals surface area contributed by atoms with Gasteiger partial charge in [0.25, 0.3) is 0 Å². The topological polar surface area (TPSA) is 62.1 Å². The standard InChI is InChI=1S/C15H13ClN4OS/c16-13-5-12-11(7-17-13)19-15(22-12)9-1-2-14(18-6-9)20-4-3-10(21)8-20/h1-2,5-7,10,21H,3-4,8H2/t10-/m1/s1. The highest BCUT2D eigenvalue weighted by atomic mass is 35.5. The van der Waals surface area contributed by atoms with E-state index in [0.29, 0.717) is 11.7 Å². The predicted octanol–water partition coefficient (Wildman–Crippen LogP) is 2.98. The molecule has 1 fully saturated rings. The van der Waals surface area contributed by atoms with E-state index in [2.05, 4.69) is 19.9 Å². The van der Waals surface area contributed by atoms with Gasteiger partial charge >= 0.3 is 0 Å². The molecular formula is C15H13ClN4OS. The maximum absolute atomic E-state index is 9.60. The molecule has 0 amide bonds. The first-order valence-electron chi connectivity index (χ1n) is 7.00. The van der Waals surface area contributed by atoms with Gasteiger partial charge in [-0.2, -0.15) is 0 Å². The largest absolute Gasteiger partial charge is 0.391 e. The number of rotatable bonds is 2. The normalized spacial score (nSPS) is 18.3. The quantitative estimate of drug-likeness (QED) is 0.731. The van der Waals surface area contributed by atoms with E-state index in [4.69, 9.17) is 11.6 Å². The second-order valence-electron chi connectivity index (χ2n) is 5.29. The Bertz CT molecular complexity index is 820. The first-order chi connectivity index (χ1) is 10.7. The molecule has 1 N–H and O–H groups in total. The van der Waals surface area contributed by atoms with Crippen LogP contribution in [0.5, 0.6) is 0 Å². The van der Waals surface area contributed by atoms with E-state index < -0.39 is 0 Å². The first kappa shape index (κ1) is 13.9. The van der Waals surface area contributed by atoms with Gasteiger partial charge in [-0.25, -0.2) is 15.0 Å². The van der Waals surface area contributed by atoms with Gasteiger partial charge in [0.15, 0.2) is 0 Å². The summed E-state index contributed by atoms with van der Waals surface area (Å²) in [6, 6.07) is 5.82. The van der Waals surface area contributed by atoms with Crippen LogP contribution in [0, 0.1) is 0 Å². The number of nitrogens with zero attached hydrogens (tertiary/aromatic N) is 4. The van der Waals surface area contributed by atoms with Gasteiger partial charge in [0, 0.05) is 24.8 Å². The van der Waals surface area contributed by atoms with Gasteiger partial charge in [-0.1, -0.05) is 11.6 Å². The third kappa shape index (κ3) is 2.54. The number of aliphatic hydroxyl groups is 1. The summed E-state index contributed by atoms with van der Waals surface area (Å²) in [5.74, 6) is 0.895. The lowest BCUT2D eigenvalue weighted by Gasteiger charge is -2.16. The highest BCUT2D eigenvalue weighted by Gasteiger charge is 2.21. The summed E-state index contributed by atoms with van der Waals surface area (Å²) in [4.78, 5) is 15.2. The minimum atomic E-state index is -0.247. The average molecular weight is 333 g/mol. The summed E-state index contributed by atoms with van der Waals surface area (Å²) >= 11 is 7.48. The van der Waals surface area contributed by atoms with Gasteiger partial charge in [-0.15, -0.1) is 11.3 Å². The van der Waals surface area contributed by atoms with Gasteiger partial charge in [-0.3, -0.25) is 0 Å². The van der Waals surface area contributed by atoms with Gasteiger partial charge in [0.2, 0.25) is 0 Å². The van der Waals surface area contributed by atoms with Crippen molar-refractivity contribution < 1.29 is 5.11 Å². The molecule has 0 bridgehead atoms. The van der Waals surface area contributed by atoms with Crippen molar-refractivity contribution in [2.24, 2.45) is 0 Å². The van der Waals surface area contributed by atoms with Gasteiger partial charge in [-0.05, 0) is 24.6 Å². The Balaban J connectivity index is 1.64. The molecule has 22 heavy (non-hydrogen) atoms. The van der Waals surface area contributed by atoms with Crippen LogP contribution in [0.3, 0.4) is 0 Å². The maximum Gasteiger partial charge on any atom is 0.130 e. The van der Waals surface area contributed by atoms with E-state index >= 15 is 0 Å². The number of hydrogen-bond donors (Lipinski definition) is 1. The van der Waals surface area contributed by atoms with E-state index in [1.54, 1.807) is 17.5 Å². The lowest BCUT2D eigenvalue weighted by atomic mass is 10.3. The molecule has 4 heterocycles. The number of thiazole rings is 1. The zero-order chi connectivity index (χ0) is 15.1. The number of pyridine rings is 2. The Labute approximate surface area is 136 Å². The molecule has 0 aliphatic carbocycles. The maximum atomic E-state index is 9.60. The smallest absolute Gasteiger partial charge is 0.130 e. The van der Waals surface area contributed by atoms with E-state index in [0.717, 1.165) is 39.6 Å². The molecule has 0 spiro atoms. The lowest BCUT2D eigenvalue weighted by molar-refractivity contribution is 0.198. The summed E-state index contributed by atoms with van der Waals surface area (Å²) in [6.07, 6.45) is 4.07. The van der Waals surface area contributed by atoms with Crippen LogP contribution in [0.1, 0.15) is 6.42 Å². The van der Waals surface area contributed by atoms with Crippen LogP contribution in [0.25, 0.3) is 20.8 Å². The fourth-order valence-electron chi connectivity index (χ4n) is 2.58. The van der Waals surface area contributed by atoms with Gasteiger partial charge in [0.1, 0.15) is 21.5 Å². The van der Waals surface area contributed by atoms with Gasteiger partial charge in [0.05, 0.1) is 17.0 Å². The molecule has 112 valence electrons. The summed E-state index contributed by atoms with van der Waals surface area (Å²) in [7, 11) is 0. The molecule has 1 atom stereocenters. The van der Waals surface area contributed by atoms with Crippen molar-refractivity contribution in [3.05, 3.63) is 35.7 Å². The van der Waals surface area contributed by atoms with Crippen LogP contribution >= 0.6 is 22.9 Å². The van der Waals surface area contributed by atoms with Crippen molar-refractivity contribution >= 4 is 39.0 Å². The minimum Gasteiger partial charge on any atom is -0.391 e. The molecule has 7 heteroatoms. The van der Waals surface area contributed by atoms with Crippen LogP contribution < -0.4 is 4.90 Å². The fraction of sp³-hybridized carbons (Fsp3) is 0.267. The predicted molar refractivity (Wildman–Crippen MR) is 88.5 cm³/mol. The Morgan fingerprint density at radius 1 is 1.27 bits per heavy atom. The molecule has 3 aromatic rings. The number of hydrogen-bond acceptors (Lipinski definition) is 6. The van der Waals surface area contributed by atoms with Crippen molar-refractivity contribution in [3.63, 3.8) is 0 Å². The highest BCUT2D eigenvalue weighted by Crippen LogP contribution is 2.31. The molecule has 0 saturated carbocycles. The van der Waals surface area contributed by atoms with Gasteiger partial charge < -0.3 is 10.0 Å². The summed E-state index contributed by atoms with van der Waals surface area (Å²) < 4.78 is 1.02. The van der Waals surface area contributed by atoms with E-state index in [1.807, 2.05) is 24.4 Å². The van der Waals surface area contributed by atoms with Crippen molar-refractivity contribution in [2.75, 3.05) is 18.0 Å². The molecule has 1 aliphatic rings. The van der Waals surface area contributed by atoms with Crippen LogP contribution in [-0.2, 0) is 0 Å². The zero-order valence-corrected chi connectivity index (χ0v) is 13.2. The monoisotopic (exact) mass is 332 g/mol. The molecule has 1 aliphatic heterocycles. The molecule has 3 aromatic heterocycles. The molecule has 0 radical (unpaired) electrons. The zero-order valence-electron chi connectivity index (χ0n) is 11.6. The van der Waals surface area contributed by atoms with Crippen molar-refractivity contribution in [1.82, 2.24) is 15.0 Å². The summed E-state index contributed by atoms with van der Waals surface area (Å²) in [6.45, 7) is 1.50. The first-order valence-corrected chi connectivity index (χ1v) is 8.20. The van der Waals surface area contributed by atoms with Crippen molar-refractivity contribution in [2.45, 2.75) is 12.5 Å². The molecule has 1 saturated heterocycles. The Morgan fingerprint density at radius 2 is 2.18 bits per heavy atom. The van der Waals surface area contributed by atoms with Crippen LogP contribution in [0.4, 0.5) is 5.82 Å². The molecular weight excluding hydrogens is 320 g/mol. The van der Waals surface area contributed by atoms with Crippen LogP contribution in [0.2, 0.25) is 5.15 Å². The van der Waals surface area contributed by atoms with Crippen LogP contribution in [-0.4, -0.2) is 39.3 Å². The van der Waals surface area contributed by atoms with Crippen LogP contribution in [0.15, 0.2) is 30.6 Å². The number of aromatic nitrogens is 3. The Morgan fingerprint density at radius 3 is 2.91 bits per heavy atom. The summed E-state index contributed by atoms with van der Waals surface area (Å²) in [5, 5.41) is 11.0. The second kappa shape index (κ2) is 5.46. The SMILES string of the molecule is O[C@@H]1CCN(c2ccc(-c3nc4cnc(Cl)cc4s3)cn2)C1. The Kier molecular flexibility index (Phi) is 3.44. The average Bonchev–Trinajstić information content (AvgIpc) is 3.13. The molecule has 0 aromatic carbocycles. The van der Waals surface area contributed by atoms with E-state index in [-0.39, 0.29) is 6.10 Å². The van der Waals surface area contributed by atoms with Crippen molar-refractivity contribution in [1.29, 1.82) is 0 Å². The number of aliphatic hydroxyl groups excluding tert-OH is 1. The third-order valence-electron chi connectivity index (χ3n) is 3.72. The minimum absolute atomic E-state index is 0.247. The lowest BCUT2D eigenvalue weighted by Crippen LogP contribution is -2.21. The molecule has 0 unspecified atom stereocenters. The highest BCUT2D eigenvalue weighted by molar-refractivity contribution is 7.21. The van der Waals surface area contributed by atoms with E-state index in [1.165, 1.54) is 0 Å². The molecule has 4 rings (SSSR count). The summed E-state index contributed by atoms with van der Waals surface area (Å²) in [5.41, 5.74) is 1.82. The second-order valence-corrected chi connectivity index (χ2v) is 6.71.